The fourth-order valence-corrected chi connectivity index (χ4v) is 1.30. The van der Waals surface area contributed by atoms with E-state index in [0.29, 0.717) is 13.2 Å². The number of methoxy groups -OCH3 is 2. The molecule has 0 aromatic heterocycles. The first-order chi connectivity index (χ1) is 6.24. The van der Waals surface area contributed by atoms with Crippen LogP contribution in [-0.2, 0) is 14.2 Å². The Kier molecular flexibility index (Phi) is 8.40. The lowest BCUT2D eigenvalue weighted by Crippen LogP contribution is -2.26. The van der Waals surface area contributed by atoms with Crippen molar-refractivity contribution in [2.45, 2.75) is 38.9 Å². The molecule has 0 bridgehead atoms. The fourth-order valence-electron chi connectivity index (χ4n) is 1.30. The second kappa shape index (κ2) is 8.48. The Hall–Kier alpha value is -0.120. The Morgan fingerprint density at radius 1 is 1.08 bits per heavy atom. The lowest BCUT2D eigenvalue weighted by molar-refractivity contribution is -0.0684. The first-order valence-corrected chi connectivity index (χ1v) is 4.87. The first kappa shape index (κ1) is 12.9. The lowest BCUT2D eigenvalue weighted by atomic mass is 10.2. The summed E-state index contributed by atoms with van der Waals surface area (Å²) >= 11 is 0. The quantitative estimate of drug-likeness (QED) is 0.584. The van der Waals surface area contributed by atoms with E-state index in [1.165, 1.54) is 0 Å². The van der Waals surface area contributed by atoms with Crippen LogP contribution in [0.5, 0.6) is 0 Å². The van der Waals surface area contributed by atoms with Crippen LogP contribution in [0, 0.1) is 0 Å². The average molecular weight is 190 g/mol. The fraction of sp³-hybridized carbons (Fsp3) is 1.00. The van der Waals surface area contributed by atoms with Gasteiger partial charge in [0.25, 0.3) is 0 Å². The maximum absolute atomic E-state index is 5.72. The minimum Gasteiger partial charge on any atom is -0.382 e. The Bertz CT molecular complexity index is 100. The molecule has 3 nitrogen and oxygen atoms in total. The normalized spacial score (nSPS) is 15.7. The van der Waals surface area contributed by atoms with Gasteiger partial charge in [-0.3, -0.25) is 0 Å². The van der Waals surface area contributed by atoms with Gasteiger partial charge in [0.05, 0.1) is 25.4 Å². The van der Waals surface area contributed by atoms with Gasteiger partial charge < -0.3 is 14.2 Å². The van der Waals surface area contributed by atoms with Gasteiger partial charge in [-0.15, -0.1) is 0 Å². The van der Waals surface area contributed by atoms with Crippen molar-refractivity contribution in [3.8, 4) is 0 Å². The summed E-state index contributed by atoms with van der Waals surface area (Å²) in [5.74, 6) is 0. The summed E-state index contributed by atoms with van der Waals surface area (Å²) in [7, 11) is 3.39. The van der Waals surface area contributed by atoms with E-state index < -0.39 is 0 Å². The third-order valence-corrected chi connectivity index (χ3v) is 1.79. The average Bonchev–Trinajstić information content (AvgIpc) is 2.05. The van der Waals surface area contributed by atoms with Crippen LogP contribution < -0.4 is 0 Å². The molecule has 2 unspecified atom stereocenters. The minimum absolute atomic E-state index is 0.150. The second-order valence-electron chi connectivity index (χ2n) is 3.27. The third kappa shape index (κ3) is 6.99. The molecule has 0 N–H and O–H groups in total. The zero-order valence-electron chi connectivity index (χ0n) is 9.21. The molecule has 2 atom stereocenters. The molecule has 0 heterocycles. The summed E-state index contributed by atoms with van der Waals surface area (Å²) in [6.45, 7) is 5.47. The van der Waals surface area contributed by atoms with Crippen LogP contribution in [0.25, 0.3) is 0 Å². The minimum atomic E-state index is 0.150. The summed E-state index contributed by atoms with van der Waals surface area (Å²) in [5.41, 5.74) is 0. The van der Waals surface area contributed by atoms with Crippen LogP contribution in [0.2, 0.25) is 0 Å². The van der Waals surface area contributed by atoms with Gasteiger partial charge in [-0.25, -0.2) is 0 Å². The molecule has 0 amide bonds. The SMILES string of the molecule is CCCC(COC)OC(C)COC. The van der Waals surface area contributed by atoms with Gasteiger partial charge in [0.1, 0.15) is 0 Å². The van der Waals surface area contributed by atoms with E-state index in [9.17, 15) is 0 Å². The highest BCUT2D eigenvalue weighted by Gasteiger charge is 2.11. The second-order valence-corrected chi connectivity index (χ2v) is 3.27. The summed E-state index contributed by atoms with van der Waals surface area (Å²) in [6, 6.07) is 0. The molecular formula is C10H22O3. The molecule has 0 rings (SSSR count). The molecule has 0 aliphatic carbocycles. The van der Waals surface area contributed by atoms with Crippen LogP contribution in [0.15, 0.2) is 0 Å². The Labute approximate surface area is 81.4 Å². The molecule has 13 heavy (non-hydrogen) atoms. The monoisotopic (exact) mass is 190 g/mol. The number of rotatable bonds is 8. The molecule has 0 aromatic rings. The van der Waals surface area contributed by atoms with Gasteiger partial charge in [0, 0.05) is 14.2 Å². The van der Waals surface area contributed by atoms with Crippen molar-refractivity contribution in [3.05, 3.63) is 0 Å². The molecule has 0 saturated carbocycles. The van der Waals surface area contributed by atoms with Gasteiger partial charge in [-0.05, 0) is 13.3 Å². The van der Waals surface area contributed by atoms with Gasteiger partial charge in [0.2, 0.25) is 0 Å². The molecule has 0 aromatic carbocycles. The molecule has 0 aliphatic rings. The lowest BCUT2D eigenvalue weighted by Gasteiger charge is -2.20. The van der Waals surface area contributed by atoms with E-state index in [0.717, 1.165) is 12.8 Å². The van der Waals surface area contributed by atoms with Crippen molar-refractivity contribution in [1.29, 1.82) is 0 Å². The van der Waals surface area contributed by atoms with E-state index in [1.807, 2.05) is 6.92 Å². The highest BCUT2D eigenvalue weighted by molar-refractivity contribution is 4.59. The number of ether oxygens (including phenoxy) is 3. The molecular weight excluding hydrogens is 168 g/mol. The van der Waals surface area contributed by atoms with Crippen LogP contribution in [0.4, 0.5) is 0 Å². The van der Waals surface area contributed by atoms with E-state index in [-0.39, 0.29) is 12.2 Å². The van der Waals surface area contributed by atoms with Crippen LogP contribution in [-0.4, -0.2) is 39.6 Å². The van der Waals surface area contributed by atoms with Crippen molar-refractivity contribution < 1.29 is 14.2 Å². The van der Waals surface area contributed by atoms with Gasteiger partial charge in [-0.2, -0.15) is 0 Å². The molecule has 80 valence electrons. The third-order valence-electron chi connectivity index (χ3n) is 1.79. The van der Waals surface area contributed by atoms with Crippen LogP contribution >= 0.6 is 0 Å². The maximum Gasteiger partial charge on any atom is 0.0813 e. The van der Waals surface area contributed by atoms with Crippen LogP contribution in [0.1, 0.15) is 26.7 Å². The molecule has 0 fully saturated rings. The van der Waals surface area contributed by atoms with E-state index in [4.69, 9.17) is 14.2 Å². The van der Waals surface area contributed by atoms with Crippen molar-refractivity contribution in [2.75, 3.05) is 27.4 Å². The molecule has 0 aliphatic heterocycles. The summed E-state index contributed by atoms with van der Waals surface area (Å²) in [6.07, 6.45) is 2.52. The highest BCUT2D eigenvalue weighted by Crippen LogP contribution is 2.06. The number of hydrogen-bond donors (Lipinski definition) is 0. The summed E-state index contributed by atoms with van der Waals surface area (Å²) in [5, 5.41) is 0. The molecule has 0 saturated heterocycles. The molecule has 0 radical (unpaired) electrons. The van der Waals surface area contributed by atoms with Crippen molar-refractivity contribution >= 4 is 0 Å². The van der Waals surface area contributed by atoms with E-state index in [2.05, 4.69) is 6.92 Å². The zero-order chi connectivity index (χ0) is 10.1. The zero-order valence-corrected chi connectivity index (χ0v) is 9.21. The Morgan fingerprint density at radius 3 is 2.15 bits per heavy atom. The number of hydrogen-bond acceptors (Lipinski definition) is 3. The largest absolute Gasteiger partial charge is 0.382 e. The Balaban J connectivity index is 3.64. The van der Waals surface area contributed by atoms with E-state index in [1.54, 1.807) is 14.2 Å². The standard InChI is InChI=1S/C10H22O3/c1-5-6-10(8-12-4)13-9(2)7-11-3/h9-10H,5-8H2,1-4H3. The maximum atomic E-state index is 5.72. The molecule has 0 spiro atoms. The smallest absolute Gasteiger partial charge is 0.0813 e. The highest BCUT2D eigenvalue weighted by atomic mass is 16.6. The van der Waals surface area contributed by atoms with Crippen LogP contribution in [0.3, 0.4) is 0 Å². The van der Waals surface area contributed by atoms with Crippen molar-refractivity contribution in [2.24, 2.45) is 0 Å². The topological polar surface area (TPSA) is 27.7 Å². The summed E-state index contributed by atoms with van der Waals surface area (Å²) in [4.78, 5) is 0. The van der Waals surface area contributed by atoms with Crippen molar-refractivity contribution in [1.82, 2.24) is 0 Å². The van der Waals surface area contributed by atoms with Crippen molar-refractivity contribution in [3.63, 3.8) is 0 Å². The van der Waals surface area contributed by atoms with Gasteiger partial charge in [-0.1, -0.05) is 13.3 Å². The first-order valence-electron chi connectivity index (χ1n) is 4.87. The van der Waals surface area contributed by atoms with Gasteiger partial charge in [0.15, 0.2) is 0 Å². The predicted octanol–water partition coefficient (Wildman–Crippen LogP) is 1.85. The molecule has 3 heteroatoms. The summed E-state index contributed by atoms with van der Waals surface area (Å²) < 4.78 is 15.8. The predicted molar refractivity (Wildman–Crippen MR) is 53.0 cm³/mol. The van der Waals surface area contributed by atoms with E-state index >= 15 is 0 Å². The Morgan fingerprint density at radius 2 is 1.69 bits per heavy atom. The van der Waals surface area contributed by atoms with Gasteiger partial charge >= 0.3 is 0 Å².